The van der Waals surface area contributed by atoms with Crippen LogP contribution < -0.4 is 5.73 Å². The number of nitrogens with one attached hydrogen (secondary N) is 1. The molecule has 0 amide bonds. The van der Waals surface area contributed by atoms with Crippen LogP contribution in [-0.2, 0) is 5.54 Å². The van der Waals surface area contributed by atoms with Crippen molar-refractivity contribution in [1.82, 2.24) is 4.98 Å². The number of nitrogens with two attached hydrogens (primary N) is 1. The minimum absolute atomic E-state index is 0.0424. The van der Waals surface area contributed by atoms with Gasteiger partial charge in [-0.05, 0) is 42.3 Å². The Morgan fingerprint density at radius 3 is 2.79 bits per heavy atom. The Balaban J connectivity index is 2.13. The van der Waals surface area contributed by atoms with E-state index in [0.717, 1.165) is 12.8 Å². The van der Waals surface area contributed by atoms with Crippen molar-refractivity contribution < 1.29 is 0 Å². The van der Waals surface area contributed by atoms with E-state index in [1.807, 2.05) is 6.20 Å². The van der Waals surface area contributed by atoms with E-state index in [4.69, 9.17) is 5.73 Å². The molecule has 1 aliphatic carbocycles. The monoisotopic (exact) mass is 186 g/mol. The number of fused-ring (bicyclic) bond motifs is 1. The van der Waals surface area contributed by atoms with Crippen LogP contribution in [0.25, 0.3) is 10.9 Å². The van der Waals surface area contributed by atoms with Crippen molar-refractivity contribution in [3.05, 3.63) is 36.0 Å². The molecule has 1 aliphatic rings. The predicted octanol–water partition coefficient (Wildman–Crippen LogP) is 2.51. The van der Waals surface area contributed by atoms with Gasteiger partial charge in [-0.15, -0.1) is 0 Å². The SMILES string of the molecule is NC1(c2ccc3cc[nH]c3c2)CCC1. The number of aromatic nitrogens is 1. The molecule has 14 heavy (non-hydrogen) atoms. The summed E-state index contributed by atoms with van der Waals surface area (Å²) in [5.41, 5.74) is 8.70. The Hall–Kier alpha value is -1.28. The van der Waals surface area contributed by atoms with Crippen LogP contribution in [0.4, 0.5) is 0 Å². The first-order chi connectivity index (χ1) is 6.78. The van der Waals surface area contributed by atoms with Crippen molar-refractivity contribution in [2.75, 3.05) is 0 Å². The number of H-pyrrole nitrogens is 1. The summed E-state index contributed by atoms with van der Waals surface area (Å²) < 4.78 is 0. The fourth-order valence-corrected chi connectivity index (χ4v) is 2.20. The molecule has 3 N–H and O–H groups in total. The Kier molecular flexibility index (Phi) is 1.50. The second-order valence-corrected chi connectivity index (χ2v) is 4.29. The first kappa shape index (κ1) is 8.06. The summed E-state index contributed by atoms with van der Waals surface area (Å²) in [4.78, 5) is 3.22. The zero-order chi connectivity index (χ0) is 9.60. The van der Waals surface area contributed by atoms with Crippen molar-refractivity contribution >= 4 is 10.9 Å². The van der Waals surface area contributed by atoms with E-state index >= 15 is 0 Å². The second-order valence-electron chi connectivity index (χ2n) is 4.29. The van der Waals surface area contributed by atoms with Gasteiger partial charge in [0, 0.05) is 17.3 Å². The Morgan fingerprint density at radius 1 is 1.21 bits per heavy atom. The maximum Gasteiger partial charge on any atom is 0.0457 e. The van der Waals surface area contributed by atoms with Crippen LogP contribution >= 0.6 is 0 Å². The molecule has 0 bridgehead atoms. The van der Waals surface area contributed by atoms with E-state index in [-0.39, 0.29) is 5.54 Å². The number of hydrogen-bond acceptors (Lipinski definition) is 1. The molecule has 2 nitrogen and oxygen atoms in total. The van der Waals surface area contributed by atoms with Crippen LogP contribution in [0.3, 0.4) is 0 Å². The van der Waals surface area contributed by atoms with Crippen LogP contribution in [-0.4, -0.2) is 4.98 Å². The summed E-state index contributed by atoms with van der Waals surface area (Å²) in [5, 5.41) is 1.26. The summed E-state index contributed by atoms with van der Waals surface area (Å²) in [6, 6.07) is 8.58. The molecule has 1 fully saturated rings. The molecule has 72 valence electrons. The Bertz CT molecular complexity index is 466. The van der Waals surface area contributed by atoms with Crippen molar-refractivity contribution in [3.8, 4) is 0 Å². The lowest BCUT2D eigenvalue weighted by molar-refractivity contribution is 0.254. The van der Waals surface area contributed by atoms with Gasteiger partial charge in [-0.1, -0.05) is 12.1 Å². The molecule has 1 saturated carbocycles. The summed E-state index contributed by atoms with van der Waals surface area (Å²) in [5.74, 6) is 0. The van der Waals surface area contributed by atoms with Gasteiger partial charge >= 0.3 is 0 Å². The highest BCUT2D eigenvalue weighted by Gasteiger charge is 2.34. The van der Waals surface area contributed by atoms with Crippen LogP contribution in [0.15, 0.2) is 30.5 Å². The predicted molar refractivity (Wildman–Crippen MR) is 58.0 cm³/mol. The van der Waals surface area contributed by atoms with E-state index in [0.29, 0.717) is 0 Å². The highest BCUT2D eigenvalue weighted by atomic mass is 14.8. The largest absolute Gasteiger partial charge is 0.361 e. The molecule has 1 aromatic carbocycles. The van der Waals surface area contributed by atoms with Crippen LogP contribution in [0, 0.1) is 0 Å². The molecule has 3 rings (SSSR count). The second kappa shape index (κ2) is 2.61. The van der Waals surface area contributed by atoms with Gasteiger partial charge in [0.15, 0.2) is 0 Å². The average Bonchev–Trinajstić information content (AvgIpc) is 2.60. The number of aromatic amines is 1. The molecular weight excluding hydrogens is 172 g/mol. The molecule has 2 aromatic rings. The van der Waals surface area contributed by atoms with Gasteiger partial charge in [0.2, 0.25) is 0 Å². The Morgan fingerprint density at radius 2 is 2.07 bits per heavy atom. The van der Waals surface area contributed by atoms with Crippen LogP contribution in [0.2, 0.25) is 0 Å². The van der Waals surface area contributed by atoms with Crippen molar-refractivity contribution in [2.45, 2.75) is 24.8 Å². The van der Waals surface area contributed by atoms with Gasteiger partial charge in [0.25, 0.3) is 0 Å². The molecule has 2 heteroatoms. The zero-order valence-corrected chi connectivity index (χ0v) is 8.09. The molecular formula is C12H14N2. The highest BCUT2D eigenvalue weighted by molar-refractivity contribution is 5.80. The lowest BCUT2D eigenvalue weighted by atomic mass is 9.73. The molecule has 0 atom stereocenters. The van der Waals surface area contributed by atoms with Gasteiger partial charge in [-0.3, -0.25) is 0 Å². The van der Waals surface area contributed by atoms with E-state index in [9.17, 15) is 0 Å². The lowest BCUT2D eigenvalue weighted by Crippen LogP contribution is -2.43. The molecule has 0 spiro atoms. The standard InChI is InChI=1S/C12H14N2/c13-12(5-1-6-12)10-3-2-9-4-7-14-11(9)8-10/h2-4,7-8,14H,1,5-6,13H2. The van der Waals surface area contributed by atoms with Crippen LogP contribution in [0.5, 0.6) is 0 Å². The zero-order valence-electron chi connectivity index (χ0n) is 8.09. The minimum Gasteiger partial charge on any atom is -0.361 e. The van der Waals surface area contributed by atoms with E-state index in [2.05, 4.69) is 29.2 Å². The third kappa shape index (κ3) is 1.01. The Labute approximate surface area is 83.1 Å². The topological polar surface area (TPSA) is 41.8 Å². The summed E-state index contributed by atoms with van der Waals surface area (Å²) in [7, 11) is 0. The molecule has 0 aliphatic heterocycles. The van der Waals surface area contributed by atoms with Gasteiger partial charge in [-0.2, -0.15) is 0 Å². The molecule has 1 aromatic heterocycles. The summed E-state index contributed by atoms with van der Waals surface area (Å²) >= 11 is 0. The van der Waals surface area contributed by atoms with Crippen molar-refractivity contribution in [1.29, 1.82) is 0 Å². The summed E-state index contributed by atoms with van der Waals surface area (Å²) in [6.45, 7) is 0. The quantitative estimate of drug-likeness (QED) is 0.706. The van der Waals surface area contributed by atoms with Crippen molar-refractivity contribution in [3.63, 3.8) is 0 Å². The van der Waals surface area contributed by atoms with Crippen molar-refractivity contribution in [2.24, 2.45) is 5.73 Å². The normalized spacial score (nSPS) is 19.5. The number of benzene rings is 1. The lowest BCUT2D eigenvalue weighted by Gasteiger charge is -2.38. The van der Waals surface area contributed by atoms with Gasteiger partial charge in [0.1, 0.15) is 0 Å². The highest BCUT2D eigenvalue weighted by Crippen LogP contribution is 2.39. The van der Waals surface area contributed by atoms with E-state index in [1.165, 1.54) is 22.9 Å². The smallest absolute Gasteiger partial charge is 0.0457 e. The van der Waals surface area contributed by atoms with Gasteiger partial charge in [0.05, 0.1) is 0 Å². The maximum atomic E-state index is 6.27. The van der Waals surface area contributed by atoms with Gasteiger partial charge < -0.3 is 10.7 Å². The molecule has 0 radical (unpaired) electrons. The fraction of sp³-hybridized carbons (Fsp3) is 0.333. The number of hydrogen-bond donors (Lipinski definition) is 2. The van der Waals surface area contributed by atoms with E-state index in [1.54, 1.807) is 0 Å². The van der Waals surface area contributed by atoms with E-state index < -0.39 is 0 Å². The first-order valence-electron chi connectivity index (χ1n) is 5.14. The third-order valence-electron chi connectivity index (χ3n) is 3.38. The first-order valence-corrected chi connectivity index (χ1v) is 5.14. The third-order valence-corrected chi connectivity index (χ3v) is 3.38. The molecule has 0 unspecified atom stereocenters. The van der Waals surface area contributed by atoms with Gasteiger partial charge in [-0.25, -0.2) is 0 Å². The maximum absolute atomic E-state index is 6.27. The van der Waals surface area contributed by atoms with Crippen LogP contribution in [0.1, 0.15) is 24.8 Å². The molecule has 0 saturated heterocycles. The average molecular weight is 186 g/mol. The number of rotatable bonds is 1. The summed E-state index contributed by atoms with van der Waals surface area (Å²) in [6.07, 6.45) is 5.48. The fourth-order valence-electron chi connectivity index (χ4n) is 2.20. The minimum atomic E-state index is -0.0424. The molecule has 1 heterocycles.